The number of likely N-dealkylation sites (tertiary alicyclic amines) is 1. The van der Waals surface area contributed by atoms with Crippen LogP contribution in [0.1, 0.15) is 18.4 Å². The number of halogens is 4. The van der Waals surface area contributed by atoms with Crippen molar-refractivity contribution in [3.8, 4) is 11.3 Å². The monoisotopic (exact) mass is 605 g/mol. The molecule has 2 aromatic heterocycles. The van der Waals surface area contributed by atoms with E-state index in [0.717, 1.165) is 65.2 Å². The highest BCUT2D eigenvalue weighted by Crippen LogP contribution is 2.31. The van der Waals surface area contributed by atoms with Gasteiger partial charge in [0.25, 0.3) is 0 Å². The fraction of sp³-hybridized carbons (Fsp3) is 0.269. The van der Waals surface area contributed by atoms with Gasteiger partial charge in [0.2, 0.25) is 5.91 Å². The lowest BCUT2D eigenvalue weighted by Crippen LogP contribution is -2.40. The zero-order chi connectivity index (χ0) is 25.2. The Labute approximate surface area is 232 Å². The van der Waals surface area contributed by atoms with Crippen molar-refractivity contribution in [2.45, 2.75) is 19.3 Å². The smallest absolute Gasteiger partial charge is 0.226 e. The van der Waals surface area contributed by atoms with Crippen molar-refractivity contribution in [2.75, 3.05) is 25.0 Å². The fourth-order valence-electron chi connectivity index (χ4n) is 4.44. The van der Waals surface area contributed by atoms with Crippen LogP contribution in [0.5, 0.6) is 0 Å². The third-order valence-electron chi connectivity index (χ3n) is 6.46. The Kier molecular flexibility index (Phi) is 7.72. The molecule has 0 bridgehead atoms. The number of piperidine rings is 1. The maximum Gasteiger partial charge on any atom is 0.226 e. The number of nitrogens with zero attached hydrogens (tertiary/aromatic N) is 4. The molecule has 0 atom stereocenters. The predicted octanol–water partition coefficient (Wildman–Crippen LogP) is 7.01. The molecule has 1 N–H and O–H groups in total. The number of hydrogen-bond donors (Lipinski definition) is 1. The lowest BCUT2D eigenvalue weighted by atomic mass is 9.96. The molecule has 1 saturated heterocycles. The van der Waals surface area contributed by atoms with Crippen LogP contribution in [0.2, 0.25) is 15.1 Å². The zero-order valence-corrected chi connectivity index (χ0v) is 23.1. The van der Waals surface area contributed by atoms with E-state index in [0.29, 0.717) is 27.4 Å². The van der Waals surface area contributed by atoms with E-state index in [4.69, 9.17) is 39.8 Å². The molecule has 0 unspecified atom stereocenters. The van der Waals surface area contributed by atoms with E-state index in [-0.39, 0.29) is 5.91 Å². The molecule has 0 saturated carbocycles. The Morgan fingerprint density at radius 2 is 1.81 bits per heavy atom. The summed E-state index contributed by atoms with van der Waals surface area (Å²) >= 11 is 22.1. The van der Waals surface area contributed by atoms with Crippen molar-refractivity contribution in [3.05, 3.63) is 79.8 Å². The molecule has 3 heterocycles. The summed E-state index contributed by atoms with van der Waals surface area (Å²) in [5, 5.41) is 9.64. The van der Waals surface area contributed by atoms with Crippen molar-refractivity contribution in [3.63, 3.8) is 0 Å². The van der Waals surface area contributed by atoms with E-state index in [9.17, 15) is 4.79 Å². The highest BCUT2D eigenvalue weighted by Gasteiger charge is 2.23. The first-order valence-corrected chi connectivity index (χ1v) is 13.6. The number of carbonyl (C=O) groups is 1. The Bertz CT molecular complexity index is 1420. The minimum Gasteiger partial charge on any atom is -0.370 e. The Hall–Kier alpha value is -2.32. The summed E-state index contributed by atoms with van der Waals surface area (Å²) in [6, 6.07) is 15.0. The third kappa shape index (κ3) is 5.49. The molecular weight excluding hydrogens is 585 g/mol. The Balaban J connectivity index is 1.23. The van der Waals surface area contributed by atoms with E-state index >= 15 is 0 Å². The molecule has 186 valence electrons. The number of carbonyl (C=O) groups excluding carboxylic acids is 1. The number of benzene rings is 2. The second-order valence-corrected chi connectivity index (χ2v) is 10.9. The van der Waals surface area contributed by atoms with E-state index < -0.39 is 0 Å². The van der Waals surface area contributed by atoms with Gasteiger partial charge in [0, 0.05) is 36.3 Å². The first kappa shape index (κ1) is 25.3. The van der Waals surface area contributed by atoms with Crippen LogP contribution >= 0.6 is 50.7 Å². The summed E-state index contributed by atoms with van der Waals surface area (Å²) in [6.45, 7) is 2.24. The van der Waals surface area contributed by atoms with Crippen LogP contribution in [0.4, 0.5) is 5.82 Å². The van der Waals surface area contributed by atoms with Crippen molar-refractivity contribution in [1.82, 2.24) is 19.5 Å². The molecule has 36 heavy (non-hydrogen) atoms. The molecule has 4 aromatic rings. The van der Waals surface area contributed by atoms with Crippen LogP contribution in [-0.4, -0.2) is 45.0 Å². The number of hydrogen-bond acceptors (Lipinski definition) is 4. The normalized spacial score (nSPS) is 14.4. The Morgan fingerprint density at radius 1 is 1.03 bits per heavy atom. The van der Waals surface area contributed by atoms with E-state index in [1.807, 2.05) is 41.3 Å². The van der Waals surface area contributed by atoms with Crippen LogP contribution in [-0.2, 0) is 11.2 Å². The third-order valence-corrected chi connectivity index (χ3v) is 8.09. The number of amides is 1. The van der Waals surface area contributed by atoms with Gasteiger partial charge in [-0.3, -0.25) is 4.79 Å². The number of aromatic nitrogens is 3. The van der Waals surface area contributed by atoms with Gasteiger partial charge >= 0.3 is 0 Å². The summed E-state index contributed by atoms with van der Waals surface area (Å²) in [7, 11) is 0. The lowest BCUT2D eigenvalue weighted by Gasteiger charge is -2.32. The van der Waals surface area contributed by atoms with Crippen molar-refractivity contribution in [1.29, 1.82) is 0 Å². The summed E-state index contributed by atoms with van der Waals surface area (Å²) < 4.78 is 2.61. The first-order valence-electron chi connectivity index (χ1n) is 11.6. The van der Waals surface area contributed by atoms with E-state index in [2.05, 4.69) is 26.3 Å². The standard InChI is InChI=1S/C26H23BrCl3N5O/c27-19-15-32-35-24(13-23(33-26(19)35)18-3-1-2-4-20(18)28)31-14-16-7-9-34(10-8-16)25(36)12-17-5-6-21(29)22(30)11-17/h1-6,11,13,15-16,31H,7-10,12,14H2. The van der Waals surface area contributed by atoms with Gasteiger partial charge in [0.05, 0.1) is 32.8 Å². The van der Waals surface area contributed by atoms with Gasteiger partial charge in [-0.05, 0) is 58.5 Å². The average molecular weight is 608 g/mol. The number of fused-ring (bicyclic) bond motifs is 1. The number of nitrogens with one attached hydrogen (secondary N) is 1. The fourth-order valence-corrected chi connectivity index (χ4v) is 5.34. The minimum absolute atomic E-state index is 0.112. The molecule has 10 heteroatoms. The van der Waals surface area contributed by atoms with E-state index in [1.54, 1.807) is 22.8 Å². The molecule has 2 aromatic carbocycles. The minimum atomic E-state index is 0.112. The molecule has 6 nitrogen and oxygen atoms in total. The van der Waals surface area contributed by atoms with Gasteiger partial charge in [0.15, 0.2) is 5.65 Å². The largest absolute Gasteiger partial charge is 0.370 e. The maximum atomic E-state index is 12.8. The summed E-state index contributed by atoms with van der Waals surface area (Å²) in [5.74, 6) is 1.39. The topological polar surface area (TPSA) is 62.5 Å². The Morgan fingerprint density at radius 3 is 2.56 bits per heavy atom. The molecular formula is C26H23BrCl3N5O. The zero-order valence-electron chi connectivity index (χ0n) is 19.2. The van der Waals surface area contributed by atoms with Crippen LogP contribution in [0.25, 0.3) is 16.9 Å². The van der Waals surface area contributed by atoms with Gasteiger partial charge in [0.1, 0.15) is 5.82 Å². The summed E-state index contributed by atoms with van der Waals surface area (Å²) in [5.41, 5.74) is 3.24. The van der Waals surface area contributed by atoms with E-state index in [1.165, 1.54) is 0 Å². The predicted molar refractivity (Wildman–Crippen MR) is 149 cm³/mol. The molecule has 0 radical (unpaired) electrons. The van der Waals surface area contributed by atoms with Crippen molar-refractivity contribution in [2.24, 2.45) is 5.92 Å². The highest BCUT2D eigenvalue weighted by molar-refractivity contribution is 9.10. The van der Waals surface area contributed by atoms with Gasteiger partial charge < -0.3 is 10.2 Å². The SMILES string of the molecule is O=C(Cc1ccc(Cl)c(Cl)c1)N1CCC(CNc2cc(-c3ccccc3Cl)nc3c(Br)cnn23)CC1. The maximum absolute atomic E-state index is 12.8. The van der Waals surface area contributed by atoms with Gasteiger partial charge in [-0.2, -0.15) is 9.61 Å². The number of anilines is 1. The van der Waals surface area contributed by atoms with Gasteiger partial charge in [-0.25, -0.2) is 4.98 Å². The molecule has 5 rings (SSSR count). The molecule has 0 aliphatic carbocycles. The second kappa shape index (κ2) is 11.0. The lowest BCUT2D eigenvalue weighted by molar-refractivity contribution is -0.131. The van der Waals surface area contributed by atoms with Crippen molar-refractivity contribution < 1.29 is 4.79 Å². The van der Waals surface area contributed by atoms with Crippen LogP contribution < -0.4 is 5.32 Å². The summed E-state index contributed by atoms with van der Waals surface area (Å²) in [4.78, 5) is 19.5. The quantitative estimate of drug-likeness (QED) is 0.256. The first-order chi connectivity index (χ1) is 17.4. The molecule has 0 spiro atoms. The second-order valence-electron chi connectivity index (χ2n) is 8.86. The van der Waals surface area contributed by atoms with Gasteiger partial charge in [-0.15, -0.1) is 0 Å². The highest BCUT2D eigenvalue weighted by atomic mass is 79.9. The van der Waals surface area contributed by atoms with Crippen LogP contribution in [0.15, 0.2) is 59.2 Å². The average Bonchev–Trinajstić information content (AvgIpc) is 3.26. The molecule has 1 fully saturated rings. The van der Waals surface area contributed by atoms with Crippen LogP contribution in [0, 0.1) is 5.92 Å². The van der Waals surface area contributed by atoms with Crippen LogP contribution in [0.3, 0.4) is 0 Å². The summed E-state index contributed by atoms with van der Waals surface area (Å²) in [6.07, 6.45) is 3.92. The number of rotatable bonds is 6. The molecule has 1 amide bonds. The van der Waals surface area contributed by atoms with Crippen molar-refractivity contribution >= 4 is 68.1 Å². The van der Waals surface area contributed by atoms with Gasteiger partial charge in [-0.1, -0.05) is 59.1 Å². The molecule has 1 aliphatic heterocycles. The molecule has 1 aliphatic rings.